The van der Waals surface area contributed by atoms with E-state index in [1.165, 1.54) is 43.4 Å². The molecule has 1 aliphatic carbocycles. The van der Waals surface area contributed by atoms with E-state index in [0.717, 1.165) is 6.04 Å². The van der Waals surface area contributed by atoms with Gasteiger partial charge in [-0.3, -0.25) is 4.90 Å². The van der Waals surface area contributed by atoms with E-state index in [9.17, 15) is 0 Å². The second-order valence-electron chi connectivity index (χ2n) is 6.54. The van der Waals surface area contributed by atoms with Gasteiger partial charge in [0.2, 0.25) is 0 Å². The Labute approximate surface area is 117 Å². The first-order valence-corrected chi connectivity index (χ1v) is 7.78. The lowest BCUT2D eigenvalue weighted by molar-refractivity contribution is 0.120. The van der Waals surface area contributed by atoms with Crippen molar-refractivity contribution in [2.45, 2.75) is 63.6 Å². The Hall–Kier alpha value is -0.860. The first-order chi connectivity index (χ1) is 9.16. The number of benzene rings is 1. The van der Waals surface area contributed by atoms with Gasteiger partial charge in [0.05, 0.1) is 6.04 Å². The van der Waals surface area contributed by atoms with Crippen LogP contribution in [0.25, 0.3) is 0 Å². The van der Waals surface area contributed by atoms with Crippen molar-refractivity contribution in [3.05, 3.63) is 35.4 Å². The van der Waals surface area contributed by atoms with Gasteiger partial charge in [-0.1, -0.05) is 38.1 Å². The fraction of sp³-hybridized carbons (Fsp3) is 0.647. The zero-order valence-corrected chi connectivity index (χ0v) is 12.2. The van der Waals surface area contributed by atoms with Gasteiger partial charge in [0.25, 0.3) is 0 Å². The van der Waals surface area contributed by atoms with Crippen molar-refractivity contribution in [3.63, 3.8) is 0 Å². The van der Waals surface area contributed by atoms with Gasteiger partial charge in [-0.25, -0.2) is 0 Å². The topological polar surface area (TPSA) is 29.3 Å². The molecule has 1 heterocycles. The highest BCUT2D eigenvalue weighted by molar-refractivity contribution is 5.28. The zero-order valence-electron chi connectivity index (χ0n) is 12.2. The van der Waals surface area contributed by atoms with Crippen molar-refractivity contribution in [1.82, 2.24) is 4.90 Å². The second kappa shape index (κ2) is 5.26. The third-order valence-corrected chi connectivity index (χ3v) is 4.68. The summed E-state index contributed by atoms with van der Waals surface area (Å²) in [7, 11) is 0. The molecule has 0 bridgehead atoms. The molecule has 3 rings (SSSR count). The van der Waals surface area contributed by atoms with Crippen LogP contribution in [0.3, 0.4) is 0 Å². The highest BCUT2D eigenvalue weighted by Crippen LogP contribution is 2.39. The van der Waals surface area contributed by atoms with Crippen LogP contribution in [-0.4, -0.2) is 23.5 Å². The minimum Gasteiger partial charge on any atom is -0.326 e. The van der Waals surface area contributed by atoms with Crippen LogP contribution in [-0.2, 0) is 0 Å². The van der Waals surface area contributed by atoms with E-state index in [2.05, 4.69) is 43.0 Å². The van der Waals surface area contributed by atoms with Crippen LogP contribution >= 0.6 is 0 Å². The molecule has 1 saturated carbocycles. The van der Waals surface area contributed by atoms with Crippen molar-refractivity contribution in [2.24, 2.45) is 5.73 Å². The van der Waals surface area contributed by atoms with E-state index < -0.39 is 0 Å². The third-order valence-electron chi connectivity index (χ3n) is 4.68. The van der Waals surface area contributed by atoms with Gasteiger partial charge < -0.3 is 5.73 Å². The number of nitrogens with zero attached hydrogens (tertiary/aromatic N) is 1. The Morgan fingerprint density at radius 3 is 2.37 bits per heavy atom. The molecule has 2 N–H and O–H groups in total. The summed E-state index contributed by atoms with van der Waals surface area (Å²) < 4.78 is 0. The van der Waals surface area contributed by atoms with E-state index in [0.29, 0.717) is 18.0 Å². The van der Waals surface area contributed by atoms with E-state index in [4.69, 9.17) is 5.73 Å². The molecule has 2 heteroatoms. The van der Waals surface area contributed by atoms with E-state index in [1.54, 1.807) is 0 Å². The summed E-state index contributed by atoms with van der Waals surface area (Å²) in [6.07, 6.45) is 5.17. The van der Waals surface area contributed by atoms with Crippen molar-refractivity contribution in [2.75, 3.05) is 6.54 Å². The predicted octanol–water partition coefficient (Wildman–Crippen LogP) is 3.44. The van der Waals surface area contributed by atoms with Crippen LogP contribution in [0.15, 0.2) is 24.3 Å². The van der Waals surface area contributed by atoms with Crippen LogP contribution < -0.4 is 5.73 Å². The SMILES string of the molecule is CC(C)c1ccc(C2C(N)CCCN2C2CC2)cc1. The van der Waals surface area contributed by atoms with Crippen LogP contribution in [0.4, 0.5) is 0 Å². The molecule has 2 aliphatic rings. The predicted molar refractivity (Wildman–Crippen MR) is 80.2 cm³/mol. The van der Waals surface area contributed by atoms with Gasteiger partial charge in [-0.2, -0.15) is 0 Å². The summed E-state index contributed by atoms with van der Waals surface area (Å²) in [5.41, 5.74) is 9.27. The summed E-state index contributed by atoms with van der Waals surface area (Å²) in [6, 6.07) is 10.7. The van der Waals surface area contributed by atoms with Crippen LogP contribution in [0, 0.1) is 0 Å². The first kappa shape index (κ1) is 13.1. The molecule has 2 unspecified atom stereocenters. The minimum atomic E-state index is 0.305. The lowest BCUT2D eigenvalue weighted by Gasteiger charge is -2.40. The lowest BCUT2D eigenvalue weighted by atomic mass is 9.89. The van der Waals surface area contributed by atoms with Crippen molar-refractivity contribution in [1.29, 1.82) is 0 Å². The average Bonchev–Trinajstić information content (AvgIpc) is 3.23. The van der Waals surface area contributed by atoms with E-state index in [1.807, 2.05) is 0 Å². The summed E-state index contributed by atoms with van der Waals surface area (Å²) >= 11 is 0. The Balaban J connectivity index is 1.84. The third kappa shape index (κ3) is 2.70. The number of hydrogen-bond donors (Lipinski definition) is 1. The van der Waals surface area contributed by atoms with Gasteiger partial charge >= 0.3 is 0 Å². The monoisotopic (exact) mass is 258 g/mol. The number of likely N-dealkylation sites (tertiary alicyclic amines) is 1. The van der Waals surface area contributed by atoms with Crippen molar-refractivity contribution >= 4 is 0 Å². The van der Waals surface area contributed by atoms with Gasteiger partial charge in [-0.05, 0) is 49.3 Å². The fourth-order valence-electron chi connectivity index (χ4n) is 3.39. The molecule has 2 nitrogen and oxygen atoms in total. The molecule has 0 amide bonds. The minimum absolute atomic E-state index is 0.305. The molecule has 1 aromatic rings. The maximum absolute atomic E-state index is 6.42. The molecule has 2 fully saturated rings. The fourth-order valence-corrected chi connectivity index (χ4v) is 3.39. The molecule has 1 aromatic carbocycles. The molecule has 0 spiro atoms. The standard InChI is InChI=1S/C17H26N2/c1-12(2)13-5-7-14(8-6-13)17-16(18)4-3-11-19(17)15-9-10-15/h5-8,12,15-17H,3-4,9-11,18H2,1-2H3. The Morgan fingerprint density at radius 2 is 1.79 bits per heavy atom. The molecule has 2 atom stereocenters. The highest BCUT2D eigenvalue weighted by atomic mass is 15.2. The zero-order chi connectivity index (χ0) is 13.4. The number of hydrogen-bond acceptors (Lipinski definition) is 2. The van der Waals surface area contributed by atoms with Gasteiger partial charge in [0, 0.05) is 12.1 Å². The molecule has 1 aliphatic heterocycles. The summed E-state index contributed by atoms with van der Waals surface area (Å²) in [5.74, 6) is 0.605. The Morgan fingerprint density at radius 1 is 1.11 bits per heavy atom. The van der Waals surface area contributed by atoms with Crippen molar-refractivity contribution in [3.8, 4) is 0 Å². The maximum Gasteiger partial charge on any atom is 0.0502 e. The largest absolute Gasteiger partial charge is 0.326 e. The molecule has 1 saturated heterocycles. The summed E-state index contributed by atoms with van der Waals surface area (Å²) in [4.78, 5) is 2.67. The molecular weight excluding hydrogens is 232 g/mol. The normalized spacial score (nSPS) is 28.8. The lowest BCUT2D eigenvalue weighted by Crippen LogP contribution is -2.46. The summed E-state index contributed by atoms with van der Waals surface area (Å²) in [5, 5.41) is 0. The quantitative estimate of drug-likeness (QED) is 0.900. The van der Waals surface area contributed by atoms with E-state index in [-0.39, 0.29) is 0 Å². The smallest absolute Gasteiger partial charge is 0.0502 e. The van der Waals surface area contributed by atoms with E-state index >= 15 is 0 Å². The first-order valence-electron chi connectivity index (χ1n) is 7.78. The molecular formula is C17H26N2. The highest BCUT2D eigenvalue weighted by Gasteiger charge is 2.39. The van der Waals surface area contributed by atoms with Crippen LogP contribution in [0.2, 0.25) is 0 Å². The molecule has 0 radical (unpaired) electrons. The Bertz CT molecular complexity index is 419. The Kier molecular flexibility index (Phi) is 3.64. The van der Waals surface area contributed by atoms with Crippen molar-refractivity contribution < 1.29 is 0 Å². The average molecular weight is 258 g/mol. The van der Waals surface area contributed by atoms with Gasteiger partial charge in [-0.15, -0.1) is 0 Å². The second-order valence-corrected chi connectivity index (χ2v) is 6.54. The molecule has 19 heavy (non-hydrogen) atoms. The molecule has 104 valence electrons. The van der Waals surface area contributed by atoms with Gasteiger partial charge in [0.15, 0.2) is 0 Å². The maximum atomic E-state index is 6.42. The molecule has 0 aromatic heterocycles. The van der Waals surface area contributed by atoms with Gasteiger partial charge in [0.1, 0.15) is 0 Å². The number of nitrogens with two attached hydrogens (primary N) is 1. The van der Waals surface area contributed by atoms with Crippen LogP contribution in [0.1, 0.15) is 62.6 Å². The summed E-state index contributed by atoms with van der Waals surface area (Å²) in [6.45, 7) is 5.73. The van der Waals surface area contributed by atoms with Crippen LogP contribution in [0.5, 0.6) is 0 Å². The number of rotatable bonds is 3. The number of piperidine rings is 1.